The summed E-state index contributed by atoms with van der Waals surface area (Å²) < 4.78 is 27.9. The number of aryl methyl sites for hydroxylation is 1. The van der Waals surface area contributed by atoms with Gasteiger partial charge in [-0.15, -0.1) is 0 Å². The molecule has 1 aliphatic rings. The van der Waals surface area contributed by atoms with Crippen molar-refractivity contribution in [2.45, 2.75) is 25.2 Å². The second-order valence-corrected chi connectivity index (χ2v) is 8.41. The third kappa shape index (κ3) is 4.65. The fraction of sp³-hybridized carbons (Fsp3) is 0.364. The number of rotatable bonds is 6. The molecule has 0 atom stereocenters. The lowest BCUT2D eigenvalue weighted by atomic mass is 10.1. The van der Waals surface area contributed by atoms with Crippen LogP contribution in [0.2, 0.25) is 0 Å². The molecule has 0 N–H and O–H groups in total. The molecule has 1 aromatic heterocycles. The molecule has 8 heteroatoms. The van der Waals surface area contributed by atoms with E-state index in [4.69, 9.17) is 0 Å². The molecule has 158 valence electrons. The van der Waals surface area contributed by atoms with Crippen molar-refractivity contribution in [3.8, 4) is 0 Å². The molecule has 0 unspecified atom stereocenters. The molecule has 0 aliphatic carbocycles. The Hall–Kier alpha value is -2.45. The van der Waals surface area contributed by atoms with Crippen molar-refractivity contribution in [2.24, 2.45) is 0 Å². The first-order chi connectivity index (χ1) is 14.5. The second-order valence-electron chi connectivity index (χ2n) is 7.47. The number of alkyl halides is 2. The molecule has 2 heterocycles. The first-order valence-electron chi connectivity index (χ1n) is 9.95. The molecule has 0 radical (unpaired) electrons. The van der Waals surface area contributed by atoms with E-state index in [2.05, 4.69) is 41.1 Å². The first kappa shape index (κ1) is 20.8. The summed E-state index contributed by atoms with van der Waals surface area (Å²) in [6.45, 7) is 3.17. The van der Waals surface area contributed by atoms with Gasteiger partial charge in [0.05, 0.1) is 16.8 Å². The summed E-state index contributed by atoms with van der Waals surface area (Å²) in [6, 6.07) is 15.2. The molecule has 1 amide bonds. The minimum Gasteiger partial charge on any atom is -0.339 e. The Morgan fingerprint density at radius 1 is 1.10 bits per heavy atom. The number of aromatic nitrogens is 2. The van der Waals surface area contributed by atoms with Gasteiger partial charge < -0.3 is 4.90 Å². The van der Waals surface area contributed by atoms with E-state index in [1.54, 1.807) is 24.3 Å². The van der Waals surface area contributed by atoms with Gasteiger partial charge in [0.15, 0.2) is 5.16 Å². The summed E-state index contributed by atoms with van der Waals surface area (Å²) in [5.74, 6) is 0.0663. The molecule has 1 saturated heterocycles. The van der Waals surface area contributed by atoms with Crippen molar-refractivity contribution in [3.05, 3.63) is 59.7 Å². The maximum atomic E-state index is 13.5. The molecule has 4 rings (SSSR count). The van der Waals surface area contributed by atoms with E-state index >= 15 is 0 Å². The van der Waals surface area contributed by atoms with Gasteiger partial charge in [-0.25, -0.2) is 4.98 Å². The Balaban J connectivity index is 1.32. The zero-order valence-corrected chi connectivity index (χ0v) is 17.6. The molecule has 0 bridgehead atoms. The van der Waals surface area contributed by atoms with E-state index in [1.165, 1.54) is 11.1 Å². The number of halogens is 2. The molecule has 0 saturated carbocycles. The zero-order valence-electron chi connectivity index (χ0n) is 16.8. The van der Waals surface area contributed by atoms with Gasteiger partial charge >= 0.3 is 6.55 Å². The molecular formula is C22H24F2N4OS. The highest BCUT2D eigenvalue weighted by Gasteiger charge is 2.23. The Bertz CT molecular complexity index is 1030. The first-order valence-corrected chi connectivity index (χ1v) is 10.9. The molecule has 3 aromatic rings. The van der Waals surface area contributed by atoms with Crippen molar-refractivity contribution >= 4 is 28.7 Å². The van der Waals surface area contributed by atoms with Crippen molar-refractivity contribution in [2.75, 3.05) is 31.9 Å². The second kappa shape index (κ2) is 9.14. The van der Waals surface area contributed by atoms with Crippen LogP contribution in [0.25, 0.3) is 11.0 Å². The molecule has 2 aromatic carbocycles. The fourth-order valence-corrected chi connectivity index (χ4v) is 4.67. The SMILES string of the molecule is Cc1cccc(CN2CCN(C(=O)CSc3nc4ccccc4n3C(F)F)CC2)c1. The van der Waals surface area contributed by atoms with Crippen LogP contribution in [0.3, 0.4) is 0 Å². The number of hydrogen-bond acceptors (Lipinski definition) is 4. The van der Waals surface area contributed by atoms with Crippen LogP contribution in [0.1, 0.15) is 17.7 Å². The van der Waals surface area contributed by atoms with E-state index in [-0.39, 0.29) is 16.8 Å². The largest absolute Gasteiger partial charge is 0.339 e. The Morgan fingerprint density at radius 3 is 2.60 bits per heavy atom. The maximum Gasteiger partial charge on any atom is 0.321 e. The highest BCUT2D eigenvalue weighted by molar-refractivity contribution is 7.99. The smallest absolute Gasteiger partial charge is 0.321 e. The Kier molecular flexibility index (Phi) is 6.34. The third-order valence-corrected chi connectivity index (χ3v) is 6.23. The summed E-state index contributed by atoms with van der Waals surface area (Å²) in [7, 11) is 0. The summed E-state index contributed by atoms with van der Waals surface area (Å²) in [4.78, 5) is 21.1. The minimum atomic E-state index is -2.69. The van der Waals surface area contributed by atoms with E-state index in [0.717, 1.165) is 36.0 Å². The standard InChI is InChI=1S/C22H24F2N4OS/c1-16-5-4-6-17(13-16)14-26-9-11-27(12-10-26)20(29)15-30-22-25-18-7-2-3-8-19(18)28(22)21(23)24/h2-8,13,21H,9-12,14-15H2,1H3. The van der Waals surface area contributed by atoms with E-state index in [9.17, 15) is 13.6 Å². The highest BCUT2D eigenvalue weighted by Crippen LogP contribution is 2.29. The lowest BCUT2D eigenvalue weighted by Crippen LogP contribution is -2.48. The molecule has 30 heavy (non-hydrogen) atoms. The normalized spacial score (nSPS) is 15.3. The van der Waals surface area contributed by atoms with Crippen LogP contribution in [0, 0.1) is 6.92 Å². The number of carbonyl (C=O) groups is 1. The zero-order chi connectivity index (χ0) is 21.1. The van der Waals surface area contributed by atoms with Crippen LogP contribution in [-0.2, 0) is 11.3 Å². The lowest BCUT2D eigenvalue weighted by Gasteiger charge is -2.34. The number of thioether (sulfide) groups is 1. The average Bonchev–Trinajstić information content (AvgIpc) is 3.11. The lowest BCUT2D eigenvalue weighted by molar-refractivity contribution is -0.130. The summed E-state index contributed by atoms with van der Waals surface area (Å²) in [6.07, 6.45) is 0. The van der Waals surface area contributed by atoms with Crippen LogP contribution in [0.15, 0.2) is 53.7 Å². The predicted octanol–water partition coefficient (Wildman–Crippen LogP) is 4.18. The number of amides is 1. The van der Waals surface area contributed by atoms with Crippen LogP contribution in [0.4, 0.5) is 8.78 Å². The van der Waals surface area contributed by atoms with Crippen molar-refractivity contribution in [3.63, 3.8) is 0 Å². The van der Waals surface area contributed by atoms with E-state index < -0.39 is 6.55 Å². The summed E-state index contributed by atoms with van der Waals surface area (Å²) in [5.41, 5.74) is 3.41. The van der Waals surface area contributed by atoms with Gasteiger partial charge in [-0.2, -0.15) is 8.78 Å². The number of nitrogens with zero attached hydrogens (tertiary/aromatic N) is 4. The number of hydrogen-bond donors (Lipinski definition) is 0. The minimum absolute atomic E-state index is 0.0388. The van der Waals surface area contributed by atoms with Crippen molar-refractivity contribution in [1.82, 2.24) is 19.4 Å². The van der Waals surface area contributed by atoms with Crippen LogP contribution in [0.5, 0.6) is 0 Å². The topological polar surface area (TPSA) is 41.4 Å². The van der Waals surface area contributed by atoms with Gasteiger partial charge in [-0.05, 0) is 24.6 Å². The number of piperazine rings is 1. The fourth-order valence-electron chi connectivity index (χ4n) is 3.75. The van der Waals surface area contributed by atoms with Gasteiger partial charge in [-0.1, -0.05) is 53.7 Å². The van der Waals surface area contributed by atoms with Crippen LogP contribution < -0.4 is 0 Å². The van der Waals surface area contributed by atoms with E-state index in [0.29, 0.717) is 24.1 Å². The average molecular weight is 431 g/mol. The van der Waals surface area contributed by atoms with E-state index in [1.807, 2.05) is 4.90 Å². The maximum absolute atomic E-state index is 13.5. The molecule has 0 spiro atoms. The molecule has 1 fully saturated rings. The summed E-state index contributed by atoms with van der Waals surface area (Å²) >= 11 is 1.07. The molecular weight excluding hydrogens is 406 g/mol. The van der Waals surface area contributed by atoms with Crippen molar-refractivity contribution in [1.29, 1.82) is 0 Å². The highest BCUT2D eigenvalue weighted by atomic mass is 32.2. The van der Waals surface area contributed by atoms with Crippen LogP contribution >= 0.6 is 11.8 Å². The number of benzene rings is 2. The number of para-hydroxylation sites is 2. The third-order valence-electron chi connectivity index (χ3n) is 5.30. The van der Waals surface area contributed by atoms with Gasteiger partial charge in [0.1, 0.15) is 0 Å². The van der Waals surface area contributed by atoms with Gasteiger partial charge in [-0.3, -0.25) is 14.3 Å². The monoisotopic (exact) mass is 430 g/mol. The number of imidazole rings is 1. The van der Waals surface area contributed by atoms with Gasteiger partial charge in [0, 0.05) is 32.7 Å². The van der Waals surface area contributed by atoms with Crippen molar-refractivity contribution < 1.29 is 13.6 Å². The Morgan fingerprint density at radius 2 is 1.87 bits per heavy atom. The predicted molar refractivity (Wildman–Crippen MR) is 115 cm³/mol. The van der Waals surface area contributed by atoms with Crippen LogP contribution in [-0.4, -0.2) is 57.2 Å². The van der Waals surface area contributed by atoms with Gasteiger partial charge in [0.2, 0.25) is 5.91 Å². The van der Waals surface area contributed by atoms with Gasteiger partial charge in [0.25, 0.3) is 0 Å². The summed E-state index contributed by atoms with van der Waals surface area (Å²) in [5, 5.41) is 0.178. The number of fused-ring (bicyclic) bond motifs is 1. The Labute approximate surface area is 178 Å². The molecule has 5 nitrogen and oxygen atoms in total. The molecule has 1 aliphatic heterocycles. The number of carbonyl (C=O) groups excluding carboxylic acids is 1. The quantitative estimate of drug-likeness (QED) is 0.551.